The second-order valence-electron chi connectivity index (χ2n) is 7.80. The van der Waals surface area contributed by atoms with Gasteiger partial charge in [-0.1, -0.05) is 5.16 Å². The number of anilines is 1. The van der Waals surface area contributed by atoms with Crippen molar-refractivity contribution >= 4 is 28.5 Å². The highest BCUT2D eigenvalue weighted by Crippen LogP contribution is 2.40. The van der Waals surface area contributed by atoms with E-state index in [1.54, 1.807) is 18.7 Å². The number of carboxylic acid groups (broad SMARTS) is 1. The molecular formula is C19H21F2N5O4. The number of carbonyl (C=O) groups is 1. The van der Waals surface area contributed by atoms with E-state index in [0.717, 1.165) is 12.3 Å². The number of hydrogen-bond donors (Lipinski definition) is 2. The maximum atomic E-state index is 15.0. The lowest BCUT2D eigenvalue weighted by molar-refractivity contribution is 0.0694. The molecule has 0 spiro atoms. The van der Waals surface area contributed by atoms with Crippen molar-refractivity contribution in [2.45, 2.75) is 38.0 Å². The standard InChI is InChI=1S/C19H21F2N5O4/c1-3-30-24-14-7-25(8-19(14,2)22)17-12(21)4-9-15(27)10(18(28)29)6-26(16(9)23-17)13-5-11(13)20/h4,6,11,13H,3,5,7-8,22H2,1-2H3,(H,28,29)/b24-14+/t11-,13+,19?/m0/s1. The molecule has 3 N–H and O–H groups in total. The topological polar surface area (TPSA) is 123 Å². The van der Waals surface area contributed by atoms with Crippen molar-refractivity contribution in [1.82, 2.24) is 9.55 Å². The lowest BCUT2D eigenvalue weighted by atomic mass is 10.0. The minimum absolute atomic E-state index is 0.0282. The van der Waals surface area contributed by atoms with E-state index >= 15 is 0 Å². The molecular weight excluding hydrogens is 400 g/mol. The largest absolute Gasteiger partial charge is 0.477 e. The van der Waals surface area contributed by atoms with Gasteiger partial charge >= 0.3 is 5.97 Å². The summed E-state index contributed by atoms with van der Waals surface area (Å²) in [6.45, 7) is 4.22. The number of hydrogen-bond acceptors (Lipinski definition) is 7. The Morgan fingerprint density at radius 3 is 2.83 bits per heavy atom. The quantitative estimate of drug-likeness (QED) is 0.701. The number of fused-ring (bicyclic) bond motifs is 1. The Bertz CT molecular complexity index is 1130. The van der Waals surface area contributed by atoms with E-state index in [-0.39, 0.29) is 36.4 Å². The molecule has 2 aromatic heterocycles. The summed E-state index contributed by atoms with van der Waals surface area (Å²) in [4.78, 5) is 34.9. The molecule has 3 atom stereocenters. The van der Waals surface area contributed by atoms with Gasteiger partial charge < -0.3 is 25.1 Å². The molecule has 1 saturated heterocycles. The van der Waals surface area contributed by atoms with Crippen LogP contribution in [-0.2, 0) is 4.84 Å². The fourth-order valence-electron chi connectivity index (χ4n) is 3.63. The first-order valence-electron chi connectivity index (χ1n) is 9.50. The Hall–Kier alpha value is -3.08. The smallest absolute Gasteiger partial charge is 0.341 e. The zero-order valence-corrected chi connectivity index (χ0v) is 16.4. The molecule has 4 rings (SSSR count). The number of nitrogens with two attached hydrogens (primary N) is 1. The molecule has 3 heterocycles. The zero-order valence-electron chi connectivity index (χ0n) is 16.4. The molecule has 0 aromatic carbocycles. The molecule has 30 heavy (non-hydrogen) atoms. The molecule has 2 aromatic rings. The lowest BCUT2D eigenvalue weighted by Crippen LogP contribution is -2.45. The van der Waals surface area contributed by atoms with Gasteiger partial charge in [-0.25, -0.2) is 18.6 Å². The van der Waals surface area contributed by atoms with E-state index in [1.165, 1.54) is 4.57 Å². The molecule has 0 amide bonds. The number of nitrogens with zero attached hydrogens (tertiary/aromatic N) is 4. The van der Waals surface area contributed by atoms with Crippen LogP contribution in [0.4, 0.5) is 14.6 Å². The SMILES string of the molecule is CCO/N=C1\CN(c2nc3c(cc2F)c(=O)c(C(=O)O)cn3[C@@H]2C[C@@H]2F)CC1(C)N. The molecule has 160 valence electrons. The van der Waals surface area contributed by atoms with Gasteiger partial charge in [0.05, 0.1) is 29.2 Å². The second kappa shape index (κ2) is 7.01. The molecule has 1 saturated carbocycles. The van der Waals surface area contributed by atoms with Crippen molar-refractivity contribution in [3.8, 4) is 0 Å². The number of halogens is 2. The summed E-state index contributed by atoms with van der Waals surface area (Å²) in [5, 5.41) is 13.1. The average molecular weight is 421 g/mol. The molecule has 2 fully saturated rings. The predicted octanol–water partition coefficient (Wildman–Crippen LogP) is 1.45. The zero-order chi connectivity index (χ0) is 21.8. The molecule has 11 heteroatoms. The Balaban J connectivity index is 1.85. The average Bonchev–Trinajstić information content (AvgIpc) is 3.31. The summed E-state index contributed by atoms with van der Waals surface area (Å²) in [5.74, 6) is -2.35. The van der Waals surface area contributed by atoms with Gasteiger partial charge in [0.15, 0.2) is 11.6 Å². The van der Waals surface area contributed by atoms with Crippen LogP contribution in [0.3, 0.4) is 0 Å². The van der Waals surface area contributed by atoms with Crippen molar-refractivity contribution in [3.63, 3.8) is 0 Å². The molecule has 1 aliphatic heterocycles. The van der Waals surface area contributed by atoms with Crippen LogP contribution in [-0.4, -0.2) is 57.7 Å². The first-order chi connectivity index (χ1) is 14.1. The van der Waals surface area contributed by atoms with Crippen molar-refractivity contribution in [3.05, 3.63) is 33.9 Å². The van der Waals surface area contributed by atoms with Gasteiger partial charge in [-0.2, -0.15) is 0 Å². The van der Waals surface area contributed by atoms with Crippen LogP contribution in [0.15, 0.2) is 22.2 Å². The van der Waals surface area contributed by atoms with Crippen molar-refractivity contribution < 1.29 is 23.5 Å². The van der Waals surface area contributed by atoms with Crippen LogP contribution >= 0.6 is 0 Å². The molecule has 0 bridgehead atoms. The number of pyridine rings is 2. The van der Waals surface area contributed by atoms with Crippen LogP contribution in [0.25, 0.3) is 11.0 Å². The number of aromatic nitrogens is 2. The molecule has 2 aliphatic rings. The Labute approximate surface area is 169 Å². The Morgan fingerprint density at radius 1 is 1.53 bits per heavy atom. The number of carboxylic acids is 1. The van der Waals surface area contributed by atoms with Gasteiger partial charge in [0, 0.05) is 19.2 Å². The lowest BCUT2D eigenvalue weighted by Gasteiger charge is -2.21. The minimum atomic E-state index is -1.47. The summed E-state index contributed by atoms with van der Waals surface area (Å²) in [5.41, 5.74) is 4.49. The fourth-order valence-corrected chi connectivity index (χ4v) is 3.63. The van der Waals surface area contributed by atoms with E-state index in [9.17, 15) is 23.5 Å². The summed E-state index contributed by atoms with van der Waals surface area (Å²) < 4.78 is 30.0. The van der Waals surface area contributed by atoms with E-state index in [1.807, 2.05) is 0 Å². The maximum Gasteiger partial charge on any atom is 0.341 e. The van der Waals surface area contributed by atoms with Crippen LogP contribution in [0.5, 0.6) is 0 Å². The number of oxime groups is 1. The highest BCUT2D eigenvalue weighted by atomic mass is 19.1. The van der Waals surface area contributed by atoms with E-state index in [2.05, 4.69) is 10.1 Å². The number of aromatic carboxylic acids is 1. The van der Waals surface area contributed by atoms with Gasteiger partial charge in [-0.3, -0.25) is 4.79 Å². The minimum Gasteiger partial charge on any atom is -0.477 e. The predicted molar refractivity (Wildman–Crippen MR) is 105 cm³/mol. The maximum absolute atomic E-state index is 15.0. The first kappa shape index (κ1) is 20.2. The van der Waals surface area contributed by atoms with Crippen molar-refractivity contribution in [1.29, 1.82) is 0 Å². The van der Waals surface area contributed by atoms with Crippen LogP contribution in [0.1, 0.15) is 36.7 Å². The normalized spacial score (nSPS) is 27.1. The number of alkyl halides is 1. The summed E-state index contributed by atoms with van der Waals surface area (Å²) in [6, 6.07) is 0.301. The Kier molecular flexibility index (Phi) is 4.72. The third kappa shape index (κ3) is 3.28. The van der Waals surface area contributed by atoms with E-state index in [4.69, 9.17) is 10.6 Å². The van der Waals surface area contributed by atoms with Gasteiger partial charge in [0.25, 0.3) is 0 Å². The highest BCUT2D eigenvalue weighted by molar-refractivity contribution is 6.00. The van der Waals surface area contributed by atoms with E-state index < -0.39 is 40.5 Å². The highest BCUT2D eigenvalue weighted by Gasteiger charge is 2.42. The van der Waals surface area contributed by atoms with Crippen LogP contribution < -0.4 is 16.1 Å². The van der Waals surface area contributed by atoms with Gasteiger partial charge in [0.2, 0.25) is 5.43 Å². The summed E-state index contributed by atoms with van der Waals surface area (Å²) in [7, 11) is 0. The second-order valence-corrected chi connectivity index (χ2v) is 7.80. The first-order valence-corrected chi connectivity index (χ1v) is 9.50. The summed E-state index contributed by atoms with van der Waals surface area (Å²) in [6.07, 6.45) is 0.0586. The molecule has 0 radical (unpaired) electrons. The third-order valence-corrected chi connectivity index (χ3v) is 5.33. The van der Waals surface area contributed by atoms with Gasteiger partial charge in [-0.05, 0) is 19.9 Å². The van der Waals surface area contributed by atoms with Gasteiger partial charge in [0.1, 0.15) is 24.0 Å². The fraction of sp³-hybridized carbons (Fsp3) is 0.474. The van der Waals surface area contributed by atoms with Crippen LogP contribution in [0, 0.1) is 5.82 Å². The Morgan fingerprint density at radius 2 is 2.23 bits per heavy atom. The summed E-state index contributed by atoms with van der Waals surface area (Å²) >= 11 is 0. The molecule has 1 unspecified atom stereocenters. The number of rotatable bonds is 5. The third-order valence-electron chi connectivity index (χ3n) is 5.33. The monoisotopic (exact) mass is 421 g/mol. The van der Waals surface area contributed by atoms with E-state index in [0.29, 0.717) is 12.3 Å². The molecule has 9 nitrogen and oxygen atoms in total. The molecule has 1 aliphatic carbocycles. The van der Waals surface area contributed by atoms with Gasteiger partial charge in [-0.15, -0.1) is 0 Å². The van der Waals surface area contributed by atoms with Crippen LogP contribution in [0.2, 0.25) is 0 Å². The van der Waals surface area contributed by atoms with Crippen molar-refractivity contribution in [2.24, 2.45) is 10.9 Å². The van der Waals surface area contributed by atoms with Crippen molar-refractivity contribution in [2.75, 3.05) is 24.6 Å².